The smallest absolute Gasteiger partial charge is 0.119 e. The summed E-state index contributed by atoms with van der Waals surface area (Å²) in [4.78, 5) is 0. The Morgan fingerprint density at radius 1 is 0.818 bits per heavy atom. The van der Waals surface area contributed by atoms with E-state index in [0.29, 0.717) is 18.8 Å². The molecule has 0 fully saturated rings. The second-order valence-electron chi connectivity index (χ2n) is 4.75. The maximum absolute atomic E-state index is 8.71. The number of nitrogens with one attached hydrogen (secondary N) is 1. The van der Waals surface area contributed by atoms with Gasteiger partial charge in [-0.15, -0.1) is 0 Å². The third-order valence-corrected chi connectivity index (χ3v) is 3.04. The van der Waals surface area contributed by atoms with Crippen LogP contribution >= 0.6 is 0 Å². The normalized spacial score (nSPS) is 9.95. The van der Waals surface area contributed by atoms with Crippen molar-refractivity contribution >= 4 is 0 Å². The van der Waals surface area contributed by atoms with Crippen LogP contribution in [0.1, 0.15) is 12.0 Å². The molecule has 0 aliphatic heterocycles. The van der Waals surface area contributed by atoms with Gasteiger partial charge in [-0.1, -0.05) is 18.2 Å². The molecule has 0 aliphatic carbocycles. The molecule has 0 amide bonds. The van der Waals surface area contributed by atoms with E-state index in [-0.39, 0.29) is 0 Å². The molecule has 4 heteroatoms. The van der Waals surface area contributed by atoms with E-state index >= 15 is 0 Å². The van der Waals surface area contributed by atoms with Crippen molar-refractivity contribution in [3.63, 3.8) is 0 Å². The fourth-order valence-electron chi connectivity index (χ4n) is 1.90. The van der Waals surface area contributed by atoms with Crippen molar-refractivity contribution in [3.8, 4) is 17.6 Å². The zero-order valence-corrected chi connectivity index (χ0v) is 12.5. The first-order chi connectivity index (χ1) is 10.9. The molecule has 0 saturated heterocycles. The van der Waals surface area contributed by atoms with Crippen molar-refractivity contribution < 1.29 is 9.47 Å². The SMILES string of the molecule is N#Cc1ccc(OCCNCCCOc2ccccc2)cc1. The van der Waals surface area contributed by atoms with Gasteiger partial charge < -0.3 is 14.8 Å². The van der Waals surface area contributed by atoms with Crippen molar-refractivity contribution in [2.24, 2.45) is 0 Å². The van der Waals surface area contributed by atoms with Gasteiger partial charge in [0.2, 0.25) is 0 Å². The average molecular weight is 296 g/mol. The molecule has 0 radical (unpaired) electrons. The lowest BCUT2D eigenvalue weighted by Gasteiger charge is -2.08. The number of hydrogen-bond donors (Lipinski definition) is 1. The highest BCUT2D eigenvalue weighted by atomic mass is 16.5. The minimum atomic E-state index is 0.603. The maximum Gasteiger partial charge on any atom is 0.119 e. The Balaban J connectivity index is 1.48. The largest absolute Gasteiger partial charge is 0.494 e. The van der Waals surface area contributed by atoms with E-state index in [1.165, 1.54) is 0 Å². The van der Waals surface area contributed by atoms with Crippen LogP contribution in [0.3, 0.4) is 0 Å². The van der Waals surface area contributed by atoms with Crippen LogP contribution in [0.25, 0.3) is 0 Å². The first-order valence-electron chi connectivity index (χ1n) is 7.40. The van der Waals surface area contributed by atoms with Crippen molar-refractivity contribution in [2.45, 2.75) is 6.42 Å². The van der Waals surface area contributed by atoms with E-state index in [2.05, 4.69) is 11.4 Å². The van der Waals surface area contributed by atoms with Crippen LogP contribution in [0.2, 0.25) is 0 Å². The quantitative estimate of drug-likeness (QED) is 0.723. The van der Waals surface area contributed by atoms with Gasteiger partial charge in [0.1, 0.15) is 18.1 Å². The van der Waals surface area contributed by atoms with Crippen LogP contribution in [0.15, 0.2) is 54.6 Å². The summed E-state index contributed by atoms with van der Waals surface area (Å²) in [6.45, 7) is 2.98. The minimum absolute atomic E-state index is 0.603. The van der Waals surface area contributed by atoms with Crippen LogP contribution in [0.5, 0.6) is 11.5 Å². The van der Waals surface area contributed by atoms with Gasteiger partial charge in [0.15, 0.2) is 0 Å². The fourth-order valence-corrected chi connectivity index (χ4v) is 1.90. The summed E-state index contributed by atoms with van der Waals surface area (Å²) in [6, 6.07) is 19.0. The van der Waals surface area contributed by atoms with Gasteiger partial charge in [0.05, 0.1) is 18.2 Å². The topological polar surface area (TPSA) is 54.3 Å². The number of ether oxygens (including phenoxy) is 2. The van der Waals surface area contributed by atoms with Gasteiger partial charge in [-0.05, 0) is 49.4 Å². The molecule has 114 valence electrons. The van der Waals surface area contributed by atoms with Crippen LogP contribution in [-0.2, 0) is 0 Å². The van der Waals surface area contributed by atoms with Gasteiger partial charge in [-0.25, -0.2) is 0 Å². The predicted octanol–water partition coefficient (Wildman–Crippen LogP) is 3.00. The van der Waals surface area contributed by atoms with Gasteiger partial charge in [0.25, 0.3) is 0 Å². The number of para-hydroxylation sites is 1. The highest BCUT2D eigenvalue weighted by Gasteiger charge is 1.95. The van der Waals surface area contributed by atoms with Crippen LogP contribution in [-0.4, -0.2) is 26.3 Å². The van der Waals surface area contributed by atoms with Gasteiger partial charge >= 0.3 is 0 Å². The van der Waals surface area contributed by atoms with E-state index in [0.717, 1.165) is 31.0 Å². The molecule has 0 aromatic heterocycles. The molecular weight excluding hydrogens is 276 g/mol. The van der Waals surface area contributed by atoms with Gasteiger partial charge in [-0.3, -0.25) is 0 Å². The van der Waals surface area contributed by atoms with Crippen LogP contribution in [0.4, 0.5) is 0 Å². The second-order valence-corrected chi connectivity index (χ2v) is 4.75. The molecule has 2 aromatic carbocycles. The van der Waals surface area contributed by atoms with Crippen molar-refractivity contribution in [1.82, 2.24) is 5.32 Å². The van der Waals surface area contributed by atoms with E-state index in [1.54, 1.807) is 12.1 Å². The first kappa shape index (κ1) is 15.9. The Hall–Kier alpha value is -2.51. The molecular formula is C18H20N2O2. The molecule has 0 heterocycles. The molecule has 2 rings (SSSR count). The fraction of sp³-hybridized carbons (Fsp3) is 0.278. The zero-order chi connectivity index (χ0) is 15.5. The van der Waals surface area contributed by atoms with Crippen molar-refractivity contribution in [1.29, 1.82) is 5.26 Å². The molecule has 0 spiro atoms. The molecule has 2 aromatic rings. The minimum Gasteiger partial charge on any atom is -0.494 e. The summed E-state index contributed by atoms with van der Waals surface area (Å²) in [7, 11) is 0. The van der Waals surface area contributed by atoms with E-state index in [9.17, 15) is 0 Å². The summed E-state index contributed by atoms with van der Waals surface area (Å²) < 4.78 is 11.2. The van der Waals surface area contributed by atoms with E-state index in [4.69, 9.17) is 14.7 Å². The number of hydrogen-bond acceptors (Lipinski definition) is 4. The van der Waals surface area contributed by atoms with Crippen LogP contribution in [0, 0.1) is 11.3 Å². The molecule has 0 unspecified atom stereocenters. The monoisotopic (exact) mass is 296 g/mol. The van der Waals surface area contributed by atoms with Crippen molar-refractivity contribution in [3.05, 3.63) is 60.2 Å². The summed E-state index contributed by atoms with van der Waals surface area (Å²) in [6.07, 6.45) is 0.950. The highest BCUT2D eigenvalue weighted by molar-refractivity contribution is 5.34. The van der Waals surface area contributed by atoms with Crippen molar-refractivity contribution in [2.75, 3.05) is 26.3 Å². The lowest BCUT2D eigenvalue weighted by molar-refractivity contribution is 0.294. The molecule has 0 atom stereocenters. The van der Waals surface area contributed by atoms with Gasteiger partial charge in [-0.2, -0.15) is 5.26 Å². The lowest BCUT2D eigenvalue weighted by Crippen LogP contribution is -2.23. The third-order valence-electron chi connectivity index (χ3n) is 3.04. The van der Waals surface area contributed by atoms with E-state index < -0.39 is 0 Å². The van der Waals surface area contributed by atoms with Crippen LogP contribution < -0.4 is 14.8 Å². The number of nitrogens with zero attached hydrogens (tertiary/aromatic N) is 1. The standard InChI is InChI=1S/C18H20N2O2/c19-15-16-7-9-18(10-8-16)22-14-12-20-11-4-13-21-17-5-2-1-3-6-17/h1-3,5-10,20H,4,11-14H2. The Morgan fingerprint density at radius 3 is 2.23 bits per heavy atom. The summed E-state index contributed by atoms with van der Waals surface area (Å²) in [5.41, 5.74) is 0.642. The molecule has 0 aliphatic rings. The number of rotatable bonds is 9. The first-order valence-corrected chi connectivity index (χ1v) is 7.40. The molecule has 1 N–H and O–H groups in total. The molecule has 4 nitrogen and oxygen atoms in total. The third kappa shape index (κ3) is 5.86. The molecule has 0 bridgehead atoms. The summed E-state index contributed by atoms with van der Waals surface area (Å²) in [5.74, 6) is 1.69. The second kappa shape index (κ2) is 9.43. The zero-order valence-electron chi connectivity index (χ0n) is 12.5. The Morgan fingerprint density at radius 2 is 1.50 bits per heavy atom. The maximum atomic E-state index is 8.71. The van der Waals surface area contributed by atoms with E-state index in [1.807, 2.05) is 42.5 Å². The Bertz CT molecular complexity index is 576. The summed E-state index contributed by atoms with van der Waals surface area (Å²) >= 11 is 0. The average Bonchev–Trinajstić information content (AvgIpc) is 2.59. The predicted molar refractivity (Wildman–Crippen MR) is 86.1 cm³/mol. The number of nitriles is 1. The highest BCUT2D eigenvalue weighted by Crippen LogP contribution is 2.11. The lowest BCUT2D eigenvalue weighted by atomic mass is 10.2. The Kier molecular flexibility index (Phi) is 6.80. The van der Waals surface area contributed by atoms with Gasteiger partial charge in [0, 0.05) is 6.54 Å². The molecule has 22 heavy (non-hydrogen) atoms. The number of benzene rings is 2. The molecule has 0 saturated carbocycles. The summed E-state index contributed by atoms with van der Waals surface area (Å²) in [5, 5.41) is 12.0. The Labute approximate surface area is 131 Å².